The molecule has 0 aliphatic heterocycles. The van der Waals surface area contributed by atoms with Gasteiger partial charge in [-0.1, -0.05) is 97.1 Å². The summed E-state index contributed by atoms with van der Waals surface area (Å²) in [5.41, 5.74) is 9.11. The first-order valence-electron chi connectivity index (χ1n) is 11.7. The Hall–Kier alpha value is -4.38. The van der Waals surface area contributed by atoms with E-state index >= 15 is 0 Å². The third-order valence-electron chi connectivity index (χ3n) is 6.92. The van der Waals surface area contributed by atoms with Crippen LogP contribution in [0.2, 0.25) is 0 Å². The summed E-state index contributed by atoms with van der Waals surface area (Å²) in [5.74, 6) is -0.0954. The van der Waals surface area contributed by atoms with Gasteiger partial charge in [-0.3, -0.25) is 0 Å². The van der Waals surface area contributed by atoms with E-state index in [4.69, 9.17) is 9.47 Å². The lowest BCUT2D eigenvalue weighted by molar-refractivity contribution is 0.0730. The van der Waals surface area contributed by atoms with Crippen molar-refractivity contribution in [3.05, 3.63) is 119 Å². The molecule has 0 saturated carbocycles. The van der Waals surface area contributed by atoms with Gasteiger partial charge in [0.05, 0.1) is 0 Å². The van der Waals surface area contributed by atoms with Crippen LogP contribution in [0, 0.1) is 0 Å². The van der Waals surface area contributed by atoms with E-state index in [2.05, 4.69) is 41.7 Å². The second-order valence-corrected chi connectivity index (χ2v) is 8.79. The molecule has 6 rings (SSSR count). The Morgan fingerprint density at radius 3 is 1.46 bits per heavy atom. The first-order chi connectivity index (χ1) is 17.2. The molecule has 2 aliphatic carbocycles. The molecule has 0 heterocycles. The minimum absolute atomic E-state index is 0.00235. The molecule has 0 unspecified atom stereocenters. The minimum atomic E-state index is -1.00. The summed E-state index contributed by atoms with van der Waals surface area (Å²) >= 11 is 0. The van der Waals surface area contributed by atoms with Gasteiger partial charge >= 0.3 is 12.2 Å². The van der Waals surface area contributed by atoms with Gasteiger partial charge in [0.1, 0.15) is 6.61 Å². The third kappa shape index (κ3) is 3.75. The Morgan fingerprint density at radius 2 is 1.00 bits per heavy atom. The van der Waals surface area contributed by atoms with Gasteiger partial charge in [0.25, 0.3) is 0 Å². The Kier molecular flexibility index (Phi) is 5.30. The van der Waals surface area contributed by atoms with E-state index in [-0.39, 0.29) is 18.4 Å². The van der Waals surface area contributed by atoms with E-state index in [1.165, 1.54) is 11.1 Å². The van der Waals surface area contributed by atoms with Gasteiger partial charge in [0.15, 0.2) is 0 Å². The number of ether oxygens (including phenoxy) is 2. The molecule has 5 nitrogen and oxygen atoms in total. The first-order valence-corrected chi connectivity index (χ1v) is 11.7. The largest absolute Gasteiger partial charge is 0.517 e. The van der Waals surface area contributed by atoms with Crippen molar-refractivity contribution < 1.29 is 19.1 Å². The van der Waals surface area contributed by atoms with Gasteiger partial charge in [-0.25, -0.2) is 9.59 Å². The highest BCUT2D eigenvalue weighted by Crippen LogP contribution is 2.45. The minimum Gasteiger partial charge on any atom is -0.433 e. The van der Waals surface area contributed by atoms with Crippen LogP contribution in [0.5, 0.6) is 0 Å². The summed E-state index contributed by atoms with van der Waals surface area (Å²) in [5, 5.41) is 2.73. The number of hydrogen-bond acceptors (Lipinski definition) is 4. The predicted octanol–water partition coefficient (Wildman–Crippen LogP) is 6.47. The zero-order valence-corrected chi connectivity index (χ0v) is 18.9. The molecule has 0 fully saturated rings. The second-order valence-electron chi connectivity index (χ2n) is 8.79. The van der Waals surface area contributed by atoms with Gasteiger partial charge in [0.2, 0.25) is 0 Å². The molecule has 5 heteroatoms. The number of carbonyl (C=O) groups excluding carboxylic acids is 2. The predicted molar refractivity (Wildman–Crippen MR) is 133 cm³/mol. The molecular weight excluding hydrogens is 438 g/mol. The van der Waals surface area contributed by atoms with Crippen LogP contribution in [0.1, 0.15) is 34.1 Å². The Morgan fingerprint density at radius 1 is 0.600 bits per heavy atom. The van der Waals surface area contributed by atoms with Crippen molar-refractivity contribution in [1.82, 2.24) is 5.32 Å². The maximum absolute atomic E-state index is 12.4. The monoisotopic (exact) mass is 461 g/mol. The Bertz CT molecular complexity index is 1240. The summed E-state index contributed by atoms with van der Waals surface area (Å²) < 4.78 is 10.3. The zero-order valence-electron chi connectivity index (χ0n) is 18.9. The molecule has 0 spiro atoms. The van der Waals surface area contributed by atoms with Gasteiger partial charge in [-0.2, -0.15) is 0 Å². The number of fused-ring (bicyclic) bond motifs is 6. The highest BCUT2D eigenvalue weighted by Gasteiger charge is 2.30. The van der Waals surface area contributed by atoms with E-state index in [0.717, 1.165) is 33.4 Å². The van der Waals surface area contributed by atoms with Gasteiger partial charge in [-0.15, -0.1) is 0 Å². The number of alkyl carbamates (subject to hydrolysis) is 1. The van der Waals surface area contributed by atoms with Crippen LogP contribution >= 0.6 is 0 Å². The summed E-state index contributed by atoms with van der Waals surface area (Å²) in [6.07, 6.45) is -1.82. The number of rotatable bonds is 4. The molecule has 0 radical (unpaired) electrons. The fraction of sp³-hybridized carbons (Fsp3) is 0.133. The number of carbonyl (C=O) groups is 2. The highest BCUT2D eigenvalue weighted by atomic mass is 16.7. The van der Waals surface area contributed by atoms with Crippen LogP contribution < -0.4 is 5.32 Å². The Labute approximate surface area is 203 Å². The summed E-state index contributed by atoms with van der Waals surface area (Å²) in [7, 11) is 0. The Balaban J connectivity index is 1.08. The maximum atomic E-state index is 12.4. The van der Waals surface area contributed by atoms with E-state index in [1.54, 1.807) is 0 Å². The summed E-state index contributed by atoms with van der Waals surface area (Å²) in [6, 6.07) is 32.5. The maximum Gasteiger partial charge on any atom is 0.517 e. The molecule has 1 amide bonds. The SMILES string of the molecule is O=C(NCC1c2ccccc2-c2ccccc21)OC(=O)OCC1c2ccccc2-c2ccccc21. The third-order valence-corrected chi connectivity index (χ3v) is 6.92. The zero-order chi connectivity index (χ0) is 23.8. The molecule has 0 atom stereocenters. The molecule has 4 aromatic carbocycles. The van der Waals surface area contributed by atoms with Crippen LogP contribution in [0.4, 0.5) is 9.59 Å². The van der Waals surface area contributed by atoms with Crippen molar-refractivity contribution in [3.8, 4) is 22.3 Å². The smallest absolute Gasteiger partial charge is 0.433 e. The second kappa shape index (κ2) is 8.76. The van der Waals surface area contributed by atoms with Crippen LogP contribution in [-0.2, 0) is 9.47 Å². The lowest BCUT2D eigenvalue weighted by Gasteiger charge is -2.15. The molecule has 172 valence electrons. The number of nitrogens with one attached hydrogen (secondary N) is 1. The molecule has 0 bridgehead atoms. The van der Waals surface area contributed by atoms with Crippen molar-refractivity contribution in [3.63, 3.8) is 0 Å². The standard InChI is InChI=1S/C30H23NO4/c32-29(31-17-27-23-13-5-1-9-19(23)20-10-2-6-14-24(20)27)35-30(33)34-18-28-25-15-7-3-11-21(25)22-12-4-8-16-26(22)28/h1-16,27-28H,17-18H2,(H,31,32). The molecule has 35 heavy (non-hydrogen) atoms. The topological polar surface area (TPSA) is 64.6 Å². The summed E-state index contributed by atoms with van der Waals surface area (Å²) in [6.45, 7) is 0.424. The molecule has 0 aromatic heterocycles. The van der Waals surface area contributed by atoms with E-state index in [1.807, 2.05) is 60.7 Å². The van der Waals surface area contributed by atoms with Crippen LogP contribution in [0.3, 0.4) is 0 Å². The molecular formula is C30H23NO4. The van der Waals surface area contributed by atoms with Crippen molar-refractivity contribution in [2.24, 2.45) is 0 Å². The van der Waals surface area contributed by atoms with E-state index in [9.17, 15) is 9.59 Å². The highest BCUT2D eigenvalue weighted by molar-refractivity contribution is 5.83. The number of benzene rings is 4. The summed E-state index contributed by atoms with van der Waals surface area (Å²) in [4.78, 5) is 24.7. The average molecular weight is 462 g/mol. The first kappa shape index (κ1) is 21.2. The molecule has 2 aliphatic rings. The van der Waals surface area contributed by atoms with Gasteiger partial charge < -0.3 is 14.8 Å². The average Bonchev–Trinajstić information content (AvgIpc) is 3.39. The molecule has 1 N–H and O–H groups in total. The van der Waals surface area contributed by atoms with E-state index in [0.29, 0.717) is 6.54 Å². The normalized spacial score (nSPS) is 13.4. The fourth-order valence-corrected chi connectivity index (χ4v) is 5.40. The number of hydrogen-bond donors (Lipinski definition) is 1. The quantitative estimate of drug-likeness (QED) is 0.279. The molecule has 0 saturated heterocycles. The fourth-order valence-electron chi connectivity index (χ4n) is 5.40. The van der Waals surface area contributed by atoms with E-state index < -0.39 is 12.2 Å². The van der Waals surface area contributed by atoms with Crippen molar-refractivity contribution in [2.75, 3.05) is 13.2 Å². The van der Waals surface area contributed by atoms with Crippen molar-refractivity contribution >= 4 is 12.2 Å². The van der Waals surface area contributed by atoms with Crippen molar-refractivity contribution in [1.29, 1.82) is 0 Å². The van der Waals surface area contributed by atoms with Crippen molar-refractivity contribution in [2.45, 2.75) is 11.8 Å². The van der Waals surface area contributed by atoms with Gasteiger partial charge in [0, 0.05) is 18.4 Å². The molecule has 4 aromatic rings. The lowest BCUT2D eigenvalue weighted by atomic mass is 9.97. The van der Waals surface area contributed by atoms with Crippen LogP contribution in [0.15, 0.2) is 97.1 Å². The lowest BCUT2D eigenvalue weighted by Crippen LogP contribution is -2.31. The van der Waals surface area contributed by atoms with Crippen LogP contribution in [0.25, 0.3) is 22.3 Å². The van der Waals surface area contributed by atoms with Gasteiger partial charge in [-0.05, 0) is 44.5 Å². The number of amides is 1. The van der Waals surface area contributed by atoms with Crippen LogP contribution in [-0.4, -0.2) is 25.4 Å².